The van der Waals surface area contributed by atoms with Gasteiger partial charge in [0.05, 0.1) is 57.7 Å². The van der Waals surface area contributed by atoms with Gasteiger partial charge in [-0.3, -0.25) is 0 Å². The number of likely N-dealkylation sites (tertiary alicyclic amines) is 2. The predicted molar refractivity (Wildman–Crippen MR) is 395 cm³/mol. The third-order valence-electron chi connectivity index (χ3n) is 19.4. The number of halogens is 7. The number of piperidine rings is 4. The molecule has 8 fully saturated rings. The van der Waals surface area contributed by atoms with Crippen LogP contribution in [-0.2, 0) is 28.4 Å². The molecule has 6 N–H and O–H groups in total. The van der Waals surface area contributed by atoms with Crippen molar-refractivity contribution in [3.05, 3.63) is 69.4 Å². The molecule has 14 rings (SSSR count). The van der Waals surface area contributed by atoms with Crippen LogP contribution >= 0.6 is 11.6 Å². The Morgan fingerprint density at radius 3 is 1.51 bits per heavy atom. The van der Waals surface area contributed by atoms with Crippen LogP contribution in [-0.4, -0.2) is 243 Å². The molecule has 594 valence electrons. The minimum atomic E-state index is -1.15. The van der Waals surface area contributed by atoms with E-state index in [0.29, 0.717) is 122 Å². The monoisotopic (exact) mass is 1530 g/mol. The lowest BCUT2D eigenvalue weighted by Gasteiger charge is -2.37. The first-order valence-corrected chi connectivity index (χ1v) is 37.6. The van der Waals surface area contributed by atoms with Crippen LogP contribution in [0.15, 0.2) is 33.3 Å². The Kier molecular flexibility index (Phi) is 30.5. The first-order valence-electron chi connectivity index (χ1n) is 37.2. The summed E-state index contributed by atoms with van der Waals surface area (Å²) in [5.74, 6) is 2.30. The molecule has 0 bridgehead atoms. The van der Waals surface area contributed by atoms with Crippen LogP contribution in [0.2, 0.25) is 5.15 Å². The van der Waals surface area contributed by atoms with Gasteiger partial charge in [-0.2, -0.15) is 9.97 Å². The zero-order valence-corrected chi connectivity index (χ0v) is 64.7. The summed E-state index contributed by atoms with van der Waals surface area (Å²) in [5, 5.41) is 22.1. The van der Waals surface area contributed by atoms with Crippen LogP contribution in [0.5, 0.6) is 5.75 Å². The number of hydrogen-bond acceptors (Lipinski definition) is 23. The molecule has 8 aliphatic heterocycles. The molecular formula is C75H109ClF6N14O11. The fourth-order valence-corrected chi connectivity index (χ4v) is 13.8. The number of amides is 2. The van der Waals surface area contributed by atoms with Gasteiger partial charge in [-0.05, 0) is 175 Å². The number of hydrogen-bond donors (Lipinski definition) is 5. The summed E-state index contributed by atoms with van der Waals surface area (Å²) >= 11 is 6.16. The number of alkyl halides is 4. The zero-order chi connectivity index (χ0) is 77.4. The van der Waals surface area contributed by atoms with Gasteiger partial charge in [-0.1, -0.05) is 28.8 Å². The molecule has 32 heteroatoms. The summed E-state index contributed by atoms with van der Waals surface area (Å²) in [6, 6.07) is 6.25. The largest absolute Gasteiger partial charge is 0.497 e. The number of fused-ring (bicyclic) bond motifs is 2. The number of carbonyl (C=O) groups is 2. The molecule has 8 saturated heterocycles. The van der Waals surface area contributed by atoms with Crippen molar-refractivity contribution < 1.29 is 78.1 Å². The highest BCUT2D eigenvalue weighted by molar-refractivity contribution is 6.32. The van der Waals surface area contributed by atoms with E-state index < -0.39 is 65.8 Å². The van der Waals surface area contributed by atoms with Crippen molar-refractivity contribution >= 4 is 51.4 Å². The summed E-state index contributed by atoms with van der Waals surface area (Å²) < 4.78 is 132. The van der Waals surface area contributed by atoms with Gasteiger partial charge in [0.25, 0.3) is 11.8 Å². The average Bonchev–Trinajstić information content (AvgIpc) is 1.70. The Bertz CT molecular complexity index is 3850. The van der Waals surface area contributed by atoms with Crippen molar-refractivity contribution in [3.8, 4) is 28.7 Å². The van der Waals surface area contributed by atoms with E-state index in [0.717, 1.165) is 87.9 Å². The number of anilines is 1. The number of aromatic nitrogens is 6. The highest BCUT2D eigenvalue weighted by Gasteiger charge is 2.38. The molecule has 25 nitrogen and oxygen atoms in total. The van der Waals surface area contributed by atoms with Crippen LogP contribution < -0.4 is 36.6 Å². The van der Waals surface area contributed by atoms with Crippen molar-refractivity contribution in [2.24, 2.45) is 11.7 Å². The van der Waals surface area contributed by atoms with Gasteiger partial charge in [-0.25, -0.2) is 45.9 Å². The van der Waals surface area contributed by atoms with Crippen molar-refractivity contribution in [2.75, 3.05) is 117 Å². The number of aryl methyl sites for hydroxylation is 5. The third-order valence-corrected chi connectivity index (χ3v) is 19.6. The number of ether oxygens (including phenoxy) is 7. The van der Waals surface area contributed by atoms with E-state index >= 15 is 4.39 Å². The highest BCUT2D eigenvalue weighted by atomic mass is 35.5. The van der Waals surface area contributed by atoms with Gasteiger partial charge in [0.1, 0.15) is 69.5 Å². The van der Waals surface area contributed by atoms with Crippen molar-refractivity contribution in [1.29, 1.82) is 0 Å². The number of nitrogens with one attached hydrogen (secondary N) is 4. The molecule has 2 aromatic carbocycles. The summed E-state index contributed by atoms with van der Waals surface area (Å²) in [6.45, 7) is 31.4. The molecule has 0 radical (unpaired) electrons. The highest BCUT2D eigenvalue weighted by Crippen LogP contribution is 2.40. The summed E-state index contributed by atoms with van der Waals surface area (Å²) in [4.78, 5) is 45.5. The Labute approximate surface area is 627 Å². The van der Waals surface area contributed by atoms with Gasteiger partial charge in [-0.15, -0.1) is 0 Å². The second-order valence-electron chi connectivity index (χ2n) is 30.6. The molecule has 0 spiro atoms. The smallest absolute Gasteiger partial charge is 0.410 e. The van der Waals surface area contributed by atoms with Crippen molar-refractivity contribution in [1.82, 2.24) is 61.3 Å². The van der Waals surface area contributed by atoms with E-state index in [1.807, 2.05) is 52.5 Å². The van der Waals surface area contributed by atoms with E-state index in [-0.39, 0.29) is 71.9 Å². The van der Waals surface area contributed by atoms with Crippen molar-refractivity contribution in [2.45, 2.75) is 213 Å². The molecule has 8 aliphatic rings. The maximum atomic E-state index is 15.3. The maximum absolute atomic E-state index is 15.3. The SMILES string of the molecule is CC(C)(C)OC(=O)N1CC[C@@H](N)[C@@H](F)C1.CC(C)(C)OC(=O)N1CC[C@@H](N[C@@H]2CCOC2)[C@@H](F)C1.CC1CCOC1.COc1cc(F)c2nc(N3CC[C@@H](N[C@@H]4CCOC4)[C@@H](F)C3)c(-c3nc(C)no3)c(C)c2c1.Cc1cc(F)c2nc(Cl)c(-c3nc(C)no3)c(C)c2c1.F[C@H]1CNCC[C@H]1N[C@@H]1CCOC1. The number of methoxy groups -OCH3 is 1. The molecule has 12 atom stereocenters. The summed E-state index contributed by atoms with van der Waals surface area (Å²) in [6.07, 6.45) is 1.73. The third kappa shape index (κ3) is 24.1. The van der Waals surface area contributed by atoms with Gasteiger partial charge in [0.2, 0.25) is 0 Å². The lowest BCUT2D eigenvalue weighted by Crippen LogP contribution is -2.55. The van der Waals surface area contributed by atoms with E-state index in [1.165, 1.54) is 35.5 Å². The molecule has 12 heterocycles. The second kappa shape index (κ2) is 38.7. The maximum Gasteiger partial charge on any atom is 0.410 e. The molecule has 0 saturated carbocycles. The van der Waals surface area contributed by atoms with Crippen molar-refractivity contribution in [3.63, 3.8) is 0 Å². The summed E-state index contributed by atoms with van der Waals surface area (Å²) in [5.41, 5.74) is 8.31. The fraction of sp³-hybridized carbons (Fsp3) is 0.680. The standard InChI is InChI=1S/C23H27F2N5O3.C14H11ClFN3O.C14H25FN2O3.C10H19FN2O2.C9H17FN2O.C5H10O/c1-12-16-8-15(31-3)9-17(24)21(16)28-22(20(12)23-26-13(2)29-33-23)30-6-4-19(18(25)10-30)27-14-5-7-32-11-14;1-6-4-9-7(2)11(14-17-8(3)19-20-14)13(15)18-12(9)10(16)5-6;1-14(2,3)20-13(18)17-6-4-12(11(15)8-17)16-10-5-7-19-9-10;1-10(2,3)15-9(14)13-5-4-8(12)7(11)6-13;10-8-5-11-3-1-9(8)12-7-2-4-13-6-7;1-5-2-3-6-4-5/h8-9,14,18-19,27H,4-7,10-11H2,1-3H3;4-5H,1-3H3;10-12,16H,4-9H2,1-3H3;7-8H,4-6,12H2,1-3H3;7-9,11-12H,1-6H2;5H,2-4H2,1H3/t14-,18+,19-;;10-,11+,12-;7-,8+;7-,8+,9-;/m1.101./s1. The van der Waals surface area contributed by atoms with Crippen LogP contribution in [0.25, 0.3) is 44.7 Å². The number of carbonyl (C=O) groups excluding carboxylic acids is 2. The number of nitrogens with two attached hydrogens (primary N) is 1. The average molecular weight is 1530 g/mol. The van der Waals surface area contributed by atoms with Crippen LogP contribution in [0.4, 0.5) is 41.7 Å². The minimum absolute atomic E-state index is 0.0351. The van der Waals surface area contributed by atoms with Gasteiger partial charge >= 0.3 is 12.2 Å². The minimum Gasteiger partial charge on any atom is -0.497 e. The quantitative estimate of drug-likeness (QED) is 0.0629. The van der Waals surface area contributed by atoms with Crippen LogP contribution in [0.1, 0.15) is 128 Å². The molecule has 1 unspecified atom stereocenters. The van der Waals surface area contributed by atoms with Gasteiger partial charge < -0.3 is 83.9 Å². The molecule has 4 aromatic heterocycles. The Morgan fingerprint density at radius 2 is 1.06 bits per heavy atom. The van der Waals surface area contributed by atoms with Gasteiger partial charge in [0.15, 0.2) is 17.5 Å². The first-order chi connectivity index (χ1) is 50.8. The predicted octanol–water partition coefficient (Wildman–Crippen LogP) is 11.5. The second-order valence-corrected chi connectivity index (χ2v) is 31.0. The molecule has 107 heavy (non-hydrogen) atoms. The van der Waals surface area contributed by atoms with Crippen LogP contribution in [0.3, 0.4) is 0 Å². The lowest BCUT2D eigenvalue weighted by atomic mass is 9.98. The number of benzene rings is 2. The number of pyridine rings is 2. The molecule has 0 aliphatic carbocycles. The Hall–Kier alpha value is -6.81. The molecule has 2 amide bonds. The van der Waals surface area contributed by atoms with E-state index in [4.69, 9.17) is 59.5 Å². The summed E-state index contributed by atoms with van der Waals surface area (Å²) in [7, 11) is 1.48. The lowest BCUT2D eigenvalue weighted by molar-refractivity contribution is 0.00844. The molecule has 6 aromatic rings. The zero-order valence-electron chi connectivity index (χ0n) is 63.9. The topological polar surface area (TPSA) is 286 Å². The Morgan fingerprint density at radius 1 is 0.579 bits per heavy atom. The number of rotatable bonds is 10. The first kappa shape index (κ1) is 84.2. The van der Waals surface area contributed by atoms with E-state index in [9.17, 15) is 31.5 Å². The van der Waals surface area contributed by atoms with Crippen LogP contribution in [0, 0.1) is 52.2 Å². The fourth-order valence-electron chi connectivity index (χ4n) is 13.5. The van der Waals surface area contributed by atoms with E-state index in [2.05, 4.69) is 58.4 Å². The van der Waals surface area contributed by atoms with E-state index in [1.54, 1.807) is 40.7 Å². The Balaban J connectivity index is 0.000000157. The number of nitrogens with zero attached hydrogens (tertiary/aromatic N) is 9. The molecular weight excluding hydrogens is 1420 g/mol. The normalized spacial score (nSPS) is 26.0. The van der Waals surface area contributed by atoms with Gasteiger partial charge in [0, 0.05) is 118 Å².